The van der Waals surface area contributed by atoms with Crippen LogP contribution in [0.5, 0.6) is 0 Å². The lowest BCUT2D eigenvalue weighted by Crippen LogP contribution is -2.23. The third-order valence-corrected chi connectivity index (χ3v) is 4.30. The molecule has 6 rings (SSSR count). The molecule has 0 spiro atoms. The Morgan fingerprint density at radius 1 is 0.810 bits per heavy atom. The van der Waals surface area contributed by atoms with Crippen LogP contribution in [-0.4, -0.2) is 10.7 Å². The molecular weight excluding hydrogens is 256 g/mol. The van der Waals surface area contributed by atoms with Crippen LogP contribution in [0.3, 0.4) is 0 Å². The fraction of sp³-hybridized carbons (Fsp3) is 0.400. The van der Waals surface area contributed by atoms with E-state index in [9.17, 15) is 5.11 Å². The van der Waals surface area contributed by atoms with Gasteiger partial charge < -0.3 is 5.11 Å². The molecule has 0 heterocycles. The summed E-state index contributed by atoms with van der Waals surface area (Å²) >= 11 is 0. The first-order chi connectivity index (χ1) is 9.99. The Hall–Kier alpha value is -1.60. The van der Waals surface area contributed by atoms with Crippen molar-refractivity contribution in [3.63, 3.8) is 0 Å². The maximum atomic E-state index is 10.2. The van der Waals surface area contributed by atoms with E-state index in [1.165, 1.54) is 27.8 Å². The molecule has 1 heteroatoms. The summed E-state index contributed by atoms with van der Waals surface area (Å²) in [6, 6.07) is 15.9. The van der Waals surface area contributed by atoms with Crippen LogP contribution in [0.2, 0.25) is 0 Å². The Balaban J connectivity index is 1.95. The van der Waals surface area contributed by atoms with Crippen LogP contribution in [-0.2, 0) is 32.1 Å². The fourth-order valence-corrected chi connectivity index (χ4v) is 3.15. The van der Waals surface area contributed by atoms with Gasteiger partial charge in [0, 0.05) is 6.42 Å². The largest absolute Gasteiger partial charge is 0.390 e. The molecule has 0 radical (unpaired) electrons. The van der Waals surface area contributed by atoms with Crippen molar-refractivity contribution < 1.29 is 5.11 Å². The normalized spacial score (nSPS) is 14.8. The molecule has 1 nitrogen and oxygen atoms in total. The molecule has 0 fully saturated rings. The minimum atomic E-state index is -0.648. The van der Waals surface area contributed by atoms with Crippen molar-refractivity contribution in [2.45, 2.75) is 51.6 Å². The summed E-state index contributed by atoms with van der Waals surface area (Å²) in [5, 5.41) is 10.2. The zero-order valence-electron chi connectivity index (χ0n) is 13.0. The smallest absolute Gasteiger partial charge is 0.0632 e. The summed E-state index contributed by atoms with van der Waals surface area (Å²) in [5.74, 6) is 0. The van der Waals surface area contributed by atoms with E-state index >= 15 is 0 Å². The zero-order valence-corrected chi connectivity index (χ0v) is 13.0. The first-order valence-corrected chi connectivity index (χ1v) is 7.90. The molecule has 2 aromatic carbocycles. The number of rotatable bonds is 2. The maximum absolute atomic E-state index is 10.2. The van der Waals surface area contributed by atoms with Crippen LogP contribution in [0.1, 0.15) is 41.7 Å². The van der Waals surface area contributed by atoms with Gasteiger partial charge >= 0.3 is 0 Å². The molecule has 4 aliphatic rings. The van der Waals surface area contributed by atoms with Gasteiger partial charge in [0.25, 0.3) is 0 Å². The van der Waals surface area contributed by atoms with E-state index in [4.69, 9.17) is 0 Å². The standard InChI is InChI=1S/C20H24O/c1-20(2,21)14-19-13-17-8-7-15-3-5-16(6-4-15)9-11-18(19)12-10-17/h3-6,10,12-13,21H,7-9,11,14H2,1-2H3. The van der Waals surface area contributed by atoms with Gasteiger partial charge in [0.1, 0.15) is 0 Å². The summed E-state index contributed by atoms with van der Waals surface area (Å²) < 4.78 is 0. The topological polar surface area (TPSA) is 20.2 Å². The third kappa shape index (κ3) is 3.74. The van der Waals surface area contributed by atoms with Gasteiger partial charge in [-0.2, -0.15) is 0 Å². The van der Waals surface area contributed by atoms with E-state index in [-0.39, 0.29) is 0 Å². The second-order valence-corrected chi connectivity index (χ2v) is 6.91. The number of benzene rings is 2. The Morgan fingerprint density at radius 2 is 1.33 bits per heavy atom. The zero-order chi connectivity index (χ0) is 14.9. The molecular formula is C20H24O. The highest BCUT2D eigenvalue weighted by molar-refractivity contribution is 5.36. The molecule has 0 saturated heterocycles. The lowest BCUT2D eigenvalue weighted by Gasteiger charge is -2.21. The third-order valence-electron chi connectivity index (χ3n) is 4.30. The second-order valence-electron chi connectivity index (χ2n) is 6.91. The van der Waals surface area contributed by atoms with Gasteiger partial charge in [0.15, 0.2) is 0 Å². The summed E-state index contributed by atoms with van der Waals surface area (Å²) in [7, 11) is 0. The molecule has 0 aliphatic heterocycles. The molecule has 0 amide bonds. The average molecular weight is 280 g/mol. The van der Waals surface area contributed by atoms with Crippen molar-refractivity contribution in [3.05, 3.63) is 70.3 Å². The van der Waals surface area contributed by atoms with Crippen molar-refractivity contribution in [2.24, 2.45) is 0 Å². The first kappa shape index (κ1) is 14.3. The summed E-state index contributed by atoms with van der Waals surface area (Å²) in [6.07, 6.45) is 5.00. The first-order valence-electron chi connectivity index (χ1n) is 7.90. The van der Waals surface area contributed by atoms with Gasteiger partial charge in [-0.3, -0.25) is 0 Å². The number of hydrogen-bond donors (Lipinski definition) is 1. The predicted molar refractivity (Wildman–Crippen MR) is 87.7 cm³/mol. The SMILES string of the molecule is CC(C)(O)Cc1cc2ccc1CCc1ccc(cc1)CC2. The van der Waals surface area contributed by atoms with Crippen LogP contribution in [0.15, 0.2) is 42.5 Å². The van der Waals surface area contributed by atoms with E-state index in [2.05, 4.69) is 42.5 Å². The van der Waals surface area contributed by atoms with Gasteiger partial charge in [-0.05, 0) is 67.3 Å². The quantitative estimate of drug-likeness (QED) is 0.885. The van der Waals surface area contributed by atoms with Gasteiger partial charge in [-0.25, -0.2) is 0 Å². The van der Waals surface area contributed by atoms with Gasteiger partial charge in [0.2, 0.25) is 0 Å². The maximum Gasteiger partial charge on any atom is 0.0632 e. The minimum absolute atomic E-state index is 0.648. The highest BCUT2D eigenvalue weighted by Crippen LogP contribution is 2.22. The molecule has 0 unspecified atom stereocenters. The Morgan fingerprint density at radius 3 is 1.95 bits per heavy atom. The lowest BCUT2D eigenvalue weighted by molar-refractivity contribution is 0.0807. The average Bonchev–Trinajstić information content (AvgIpc) is 2.41. The van der Waals surface area contributed by atoms with Crippen molar-refractivity contribution in [1.29, 1.82) is 0 Å². The van der Waals surface area contributed by atoms with Crippen molar-refractivity contribution in [1.82, 2.24) is 0 Å². The lowest BCUT2D eigenvalue weighted by atomic mass is 9.89. The summed E-state index contributed by atoms with van der Waals surface area (Å²) in [4.78, 5) is 0. The second kappa shape index (κ2) is 5.65. The molecule has 4 aliphatic carbocycles. The summed E-state index contributed by atoms with van der Waals surface area (Å²) in [5.41, 5.74) is 6.23. The summed E-state index contributed by atoms with van der Waals surface area (Å²) in [6.45, 7) is 3.79. The Bertz CT molecular complexity index is 617. The van der Waals surface area contributed by atoms with Gasteiger partial charge in [0.05, 0.1) is 5.60 Å². The molecule has 0 saturated carbocycles. The fourth-order valence-electron chi connectivity index (χ4n) is 3.15. The number of aliphatic hydroxyl groups is 1. The van der Waals surface area contributed by atoms with E-state index in [0.717, 1.165) is 32.1 Å². The van der Waals surface area contributed by atoms with Crippen molar-refractivity contribution >= 4 is 0 Å². The van der Waals surface area contributed by atoms with E-state index in [1.807, 2.05) is 13.8 Å². The highest BCUT2D eigenvalue weighted by atomic mass is 16.3. The molecule has 2 aromatic rings. The van der Waals surface area contributed by atoms with Gasteiger partial charge in [-0.1, -0.05) is 42.5 Å². The Labute approximate surface area is 127 Å². The Kier molecular flexibility index (Phi) is 3.86. The molecule has 0 atom stereocenters. The number of aryl methyl sites for hydroxylation is 4. The monoisotopic (exact) mass is 280 g/mol. The van der Waals surface area contributed by atoms with E-state index < -0.39 is 5.60 Å². The van der Waals surface area contributed by atoms with Gasteiger partial charge in [-0.15, -0.1) is 0 Å². The van der Waals surface area contributed by atoms with Crippen molar-refractivity contribution in [2.75, 3.05) is 0 Å². The molecule has 1 N–H and O–H groups in total. The molecule has 0 aromatic heterocycles. The highest BCUT2D eigenvalue weighted by Gasteiger charge is 2.17. The number of hydrogen-bond acceptors (Lipinski definition) is 1. The van der Waals surface area contributed by atoms with E-state index in [1.54, 1.807) is 0 Å². The van der Waals surface area contributed by atoms with Crippen LogP contribution < -0.4 is 0 Å². The molecule has 4 bridgehead atoms. The molecule has 110 valence electrons. The van der Waals surface area contributed by atoms with Crippen LogP contribution >= 0.6 is 0 Å². The van der Waals surface area contributed by atoms with Crippen LogP contribution in [0, 0.1) is 0 Å². The molecule has 21 heavy (non-hydrogen) atoms. The minimum Gasteiger partial charge on any atom is -0.390 e. The van der Waals surface area contributed by atoms with Crippen molar-refractivity contribution in [3.8, 4) is 0 Å². The van der Waals surface area contributed by atoms with Crippen LogP contribution in [0.25, 0.3) is 0 Å². The van der Waals surface area contributed by atoms with E-state index in [0.29, 0.717) is 0 Å². The van der Waals surface area contributed by atoms with Crippen LogP contribution in [0.4, 0.5) is 0 Å². The predicted octanol–water partition coefficient (Wildman–Crippen LogP) is 3.88.